The summed E-state index contributed by atoms with van der Waals surface area (Å²) in [4.78, 5) is 28.3. The molecule has 2 saturated heterocycles. The third-order valence-electron chi connectivity index (χ3n) is 6.67. The molecule has 32 heavy (non-hydrogen) atoms. The van der Waals surface area contributed by atoms with Crippen molar-refractivity contribution < 1.29 is 9.18 Å². The summed E-state index contributed by atoms with van der Waals surface area (Å²) >= 11 is 0. The van der Waals surface area contributed by atoms with E-state index >= 15 is 0 Å². The number of hydrogen-bond acceptors (Lipinski definition) is 6. The Bertz CT molecular complexity index is 1130. The minimum Gasteiger partial charge on any atom is -0.340 e. The molecule has 2 aromatic heterocycles. The Morgan fingerprint density at radius 2 is 1.78 bits per heavy atom. The number of benzene rings is 1. The van der Waals surface area contributed by atoms with Crippen molar-refractivity contribution in [3.05, 3.63) is 59.4 Å². The maximum atomic E-state index is 14.1. The van der Waals surface area contributed by atoms with Gasteiger partial charge in [-0.05, 0) is 63.3 Å². The molecule has 1 aromatic carbocycles. The fourth-order valence-corrected chi connectivity index (χ4v) is 5.18. The number of carbonyl (C=O) groups is 1. The van der Waals surface area contributed by atoms with E-state index < -0.39 is 5.82 Å². The van der Waals surface area contributed by atoms with Gasteiger partial charge in [-0.1, -0.05) is 0 Å². The van der Waals surface area contributed by atoms with Crippen molar-refractivity contribution in [2.45, 2.75) is 33.2 Å². The minimum absolute atomic E-state index is 0.0662. The number of anilines is 1. The molecule has 2 aliphatic rings. The van der Waals surface area contributed by atoms with Gasteiger partial charge in [0.05, 0.1) is 23.6 Å². The van der Waals surface area contributed by atoms with E-state index in [-0.39, 0.29) is 17.5 Å². The molecule has 2 aliphatic heterocycles. The van der Waals surface area contributed by atoms with Gasteiger partial charge in [0, 0.05) is 37.1 Å². The van der Waals surface area contributed by atoms with Crippen LogP contribution in [0.15, 0.2) is 36.7 Å². The lowest BCUT2D eigenvalue weighted by atomic mass is 9.85. The van der Waals surface area contributed by atoms with Crippen molar-refractivity contribution in [3.63, 3.8) is 0 Å². The summed E-state index contributed by atoms with van der Waals surface area (Å²) < 4.78 is 14.1. The van der Waals surface area contributed by atoms with E-state index in [0.29, 0.717) is 24.1 Å². The van der Waals surface area contributed by atoms with E-state index in [9.17, 15) is 9.18 Å². The molecule has 0 unspecified atom stereocenters. The molecule has 0 aliphatic carbocycles. The van der Waals surface area contributed by atoms with Crippen LogP contribution >= 0.6 is 0 Å². The van der Waals surface area contributed by atoms with Crippen molar-refractivity contribution >= 4 is 11.9 Å². The van der Waals surface area contributed by atoms with Gasteiger partial charge < -0.3 is 9.80 Å². The first-order valence-electron chi connectivity index (χ1n) is 10.9. The lowest BCUT2D eigenvalue weighted by molar-refractivity contribution is 0.0730. The van der Waals surface area contributed by atoms with Crippen LogP contribution in [0.2, 0.25) is 0 Å². The van der Waals surface area contributed by atoms with Gasteiger partial charge in [0.1, 0.15) is 5.82 Å². The van der Waals surface area contributed by atoms with Crippen molar-refractivity contribution in [2.75, 3.05) is 24.5 Å². The molecule has 0 radical (unpaired) electrons. The average Bonchev–Trinajstić information content (AvgIpc) is 3.41. The van der Waals surface area contributed by atoms with Gasteiger partial charge in [-0.2, -0.15) is 15.0 Å². The molecule has 4 heterocycles. The number of piperidine rings is 1. The highest BCUT2D eigenvalue weighted by Gasteiger charge is 2.45. The first-order chi connectivity index (χ1) is 15.4. The second kappa shape index (κ2) is 7.96. The van der Waals surface area contributed by atoms with Gasteiger partial charge in [0.25, 0.3) is 5.91 Å². The lowest BCUT2D eigenvalue weighted by Crippen LogP contribution is -2.42. The zero-order chi connectivity index (χ0) is 22.4. The molecule has 8 nitrogen and oxygen atoms in total. The molecule has 0 spiro atoms. The van der Waals surface area contributed by atoms with E-state index in [2.05, 4.69) is 32.0 Å². The van der Waals surface area contributed by atoms with Crippen LogP contribution in [0.25, 0.3) is 5.69 Å². The number of likely N-dealkylation sites (tertiary alicyclic amines) is 1. The first-order valence-corrected chi connectivity index (χ1v) is 10.9. The van der Waals surface area contributed by atoms with Crippen LogP contribution < -0.4 is 4.90 Å². The molecule has 166 valence electrons. The van der Waals surface area contributed by atoms with Gasteiger partial charge in [-0.15, -0.1) is 0 Å². The van der Waals surface area contributed by atoms with Gasteiger partial charge in [-0.25, -0.2) is 14.4 Å². The number of halogens is 1. The summed E-state index contributed by atoms with van der Waals surface area (Å²) in [6, 6.07) is 6.20. The molecule has 0 saturated carbocycles. The van der Waals surface area contributed by atoms with Crippen LogP contribution in [0.4, 0.5) is 10.3 Å². The number of amides is 1. The number of carbonyl (C=O) groups excluding carboxylic acids is 1. The molecule has 0 bridgehead atoms. The fraction of sp³-hybridized carbons (Fsp3) is 0.435. The van der Waals surface area contributed by atoms with Crippen LogP contribution in [0.5, 0.6) is 0 Å². The van der Waals surface area contributed by atoms with Crippen LogP contribution in [-0.2, 0) is 0 Å². The third-order valence-corrected chi connectivity index (χ3v) is 6.67. The molecule has 0 N–H and O–H groups in total. The number of rotatable bonds is 3. The van der Waals surface area contributed by atoms with E-state index in [4.69, 9.17) is 0 Å². The van der Waals surface area contributed by atoms with Crippen molar-refractivity contribution in [2.24, 2.45) is 11.8 Å². The molecule has 9 heteroatoms. The second-order valence-corrected chi connectivity index (χ2v) is 8.79. The standard InChI is InChI=1S/C23H26FN7O/c1-14-10-15(2)28-23(27-14)29-9-6-19-16(3)30(13-17(19)12-29)22(32)20-11-18(24)4-5-21(20)31-25-7-8-26-31/h4-5,7-8,10-11,16-17,19H,6,9,12-13H2,1-3H3/t16-,17+,19-/m1/s1. The number of nitrogens with zero attached hydrogens (tertiary/aromatic N) is 7. The van der Waals surface area contributed by atoms with Gasteiger partial charge in [-0.3, -0.25) is 4.79 Å². The average molecular weight is 436 g/mol. The fourth-order valence-electron chi connectivity index (χ4n) is 5.18. The Hall–Kier alpha value is -3.36. The topological polar surface area (TPSA) is 80.0 Å². The molecule has 3 atom stereocenters. The van der Waals surface area contributed by atoms with E-state index in [1.165, 1.54) is 29.3 Å². The van der Waals surface area contributed by atoms with Crippen LogP contribution in [0.1, 0.15) is 35.1 Å². The molecular weight excluding hydrogens is 409 g/mol. The third kappa shape index (κ3) is 3.61. The molecule has 2 fully saturated rings. The van der Waals surface area contributed by atoms with Crippen LogP contribution in [0.3, 0.4) is 0 Å². The Kier molecular flexibility index (Phi) is 5.11. The SMILES string of the molecule is Cc1cc(C)nc(N2CC[C@H]3[C@@H](C2)CN(C(=O)c2cc(F)ccc2-n2nccn2)[C@@H]3C)n1. The number of hydrogen-bond donors (Lipinski definition) is 0. The Balaban J connectivity index is 1.39. The normalized spacial score (nSPS) is 22.8. The minimum atomic E-state index is -0.452. The van der Waals surface area contributed by atoms with Crippen molar-refractivity contribution in [1.82, 2.24) is 29.9 Å². The quantitative estimate of drug-likeness (QED) is 0.629. The number of aryl methyl sites for hydroxylation is 2. The zero-order valence-electron chi connectivity index (χ0n) is 18.4. The van der Waals surface area contributed by atoms with E-state index in [0.717, 1.165) is 36.8 Å². The predicted octanol–water partition coefficient (Wildman–Crippen LogP) is 2.80. The van der Waals surface area contributed by atoms with E-state index in [1.54, 1.807) is 6.07 Å². The van der Waals surface area contributed by atoms with Gasteiger partial charge >= 0.3 is 0 Å². The smallest absolute Gasteiger partial charge is 0.256 e. The van der Waals surface area contributed by atoms with Gasteiger partial charge in [0.15, 0.2) is 0 Å². The van der Waals surface area contributed by atoms with Gasteiger partial charge in [0.2, 0.25) is 5.95 Å². The van der Waals surface area contributed by atoms with Crippen molar-refractivity contribution in [1.29, 1.82) is 0 Å². The molecular formula is C23H26FN7O. The van der Waals surface area contributed by atoms with Crippen LogP contribution in [0, 0.1) is 31.5 Å². The highest BCUT2D eigenvalue weighted by molar-refractivity contribution is 5.98. The summed E-state index contributed by atoms with van der Waals surface area (Å²) in [6.45, 7) is 8.34. The highest BCUT2D eigenvalue weighted by Crippen LogP contribution is 2.38. The van der Waals surface area contributed by atoms with Crippen LogP contribution in [-0.4, -0.2) is 61.4 Å². The maximum absolute atomic E-state index is 14.1. The molecule has 3 aromatic rings. The molecule has 5 rings (SSSR count). The monoisotopic (exact) mass is 435 g/mol. The lowest BCUT2D eigenvalue weighted by Gasteiger charge is -2.35. The molecule has 1 amide bonds. The Labute approximate surface area is 186 Å². The summed E-state index contributed by atoms with van der Waals surface area (Å²) in [6.07, 6.45) is 4.03. The predicted molar refractivity (Wildman–Crippen MR) is 117 cm³/mol. The summed E-state index contributed by atoms with van der Waals surface area (Å²) in [7, 11) is 0. The zero-order valence-corrected chi connectivity index (χ0v) is 18.4. The Morgan fingerprint density at radius 1 is 1.06 bits per heavy atom. The highest BCUT2D eigenvalue weighted by atomic mass is 19.1. The second-order valence-electron chi connectivity index (χ2n) is 8.79. The number of fused-ring (bicyclic) bond motifs is 1. The summed E-state index contributed by atoms with van der Waals surface area (Å²) in [5.41, 5.74) is 2.67. The largest absolute Gasteiger partial charge is 0.340 e. The number of aromatic nitrogens is 5. The maximum Gasteiger partial charge on any atom is 0.256 e. The first kappa shape index (κ1) is 20.5. The Morgan fingerprint density at radius 3 is 2.50 bits per heavy atom. The van der Waals surface area contributed by atoms with Crippen molar-refractivity contribution in [3.8, 4) is 5.69 Å². The summed E-state index contributed by atoms with van der Waals surface area (Å²) in [5.74, 6) is 0.822. The van der Waals surface area contributed by atoms with E-state index in [1.807, 2.05) is 24.8 Å². The summed E-state index contributed by atoms with van der Waals surface area (Å²) in [5, 5.41) is 8.25.